The number of rotatable bonds is 3. The Bertz CT molecular complexity index is 340. The molecule has 0 amide bonds. The molecule has 0 N–H and O–H groups in total. The van der Waals surface area contributed by atoms with Gasteiger partial charge >= 0.3 is 5.97 Å². The smallest absolute Gasteiger partial charge is 0.308 e. The molecule has 2 nitrogen and oxygen atoms in total. The molecule has 0 aliphatic rings. The molecule has 2 heteroatoms. The number of carbonyl (C=O) groups is 1. The fourth-order valence-corrected chi connectivity index (χ4v) is 1.16. The highest BCUT2D eigenvalue weighted by Crippen LogP contribution is 2.14. The summed E-state index contributed by atoms with van der Waals surface area (Å²) in [5.74, 6) is 0.327. The number of hydrogen-bond acceptors (Lipinski definition) is 2. The number of benzene rings is 1. The standard InChI is InChI=1S/C12H14O2/c1-3-4-6-11-7-5-8-12(9-11)14-10(2)13/h3-5,7-9H,6H2,1-2H3/b4-3+. The minimum Gasteiger partial charge on any atom is -0.427 e. The van der Waals surface area contributed by atoms with Gasteiger partial charge in [-0.2, -0.15) is 0 Å². The van der Waals surface area contributed by atoms with Crippen LogP contribution in [0, 0.1) is 0 Å². The van der Waals surface area contributed by atoms with Crippen LogP contribution in [0.25, 0.3) is 0 Å². The maximum absolute atomic E-state index is 10.7. The van der Waals surface area contributed by atoms with Gasteiger partial charge in [0.1, 0.15) is 5.75 Å². The first-order valence-electron chi connectivity index (χ1n) is 4.61. The highest BCUT2D eigenvalue weighted by atomic mass is 16.5. The molecular formula is C12H14O2. The fourth-order valence-electron chi connectivity index (χ4n) is 1.16. The average Bonchev–Trinajstić information content (AvgIpc) is 2.14. The first-order valence-corrected chi connectivity index (χ1v) is 4.61. The third kappa shape index (κ3) is 3.44. The summed E-state index contributed by atoms with van der Waals surface area (Å²) in [5, 5.41) is 0. The van der Waals surface area contributed by atoms with Gasteiger partial charge in [-0.3, -0.25) is 4.79 Å². The summed E-state index contributed by atoms with van der Waals surface area (Å²) in [7, 11) is 0. The van der Waals surface area contributed by atoms with E-state index in [-0.39, 0.29) is 5.97 Å². The van der Waals surface area contributed by atoms with Gasteiger partial charge in [-0.05, 0) is 31.0 Å². The first-order chi connectivity index (χ1) is 6.72. The lowest BCUT2D eigenvalue weighted by Gasteiger charge is -2.02. The lowest BCUT2D eigenvalue weighted by Crippen LogP contribution is -2.01. The molecule has 0 aliphatic heterocycles. The first kappa shape index (κ1) is 10.5. The van der Waals surface area contributed by atoms with Crippen LogP contribution in [0.5, 0.6) is 5.75 Å². The Morgan fingerprint density at radius 3 is 2.93 bits per heavy atom. The Morgan fingerprint density at radius 1 is 1.50 bits per heavy atom. The van der Waals surface area contributed by atoms with Crippen LogP contribution in [0.4, 0.5) is 0 Å². The van der Waals surface area contributed by atoms with Crippen molar-refractivity contribution < 1.29 is 9.53 Å². The van der Waals surface area contributed by atoms with Gasteiger partial charge in [0.25, 0.3) is 0 Å². The predicted molar refractivity (Wildman–Crippen MR) is 56.3 cm³/mol. The molecule has 1 aromatic rings. The van der Waals surface area contributed by atoms with Crippen molar-refractivity contribution in [1.29, 1.82) is 0 Å². The van der Waals surface area contributed by atoms with Gasteiger partial charge in [-0.1, -0.05) is 24.3 Å². The molecule has 0 bridgehead atoms. The van der Waals surface area contributed by atoms with E-state index in [2.05, 4.69) is 6.08 Å². The lowest BCUT2D eigenvalue weighted by atomic mass is 10.1. The van der Waals surface area contributed by atoms with Crippen LogP contribution in [0.2, 0.25) is 0 Å². The summed E-state index contributed by atoms with van der Waals surface area (Å²) >= 11 is 0. The Labute approximate surface area is 84.2 Å². The van der Waals surface area contributed by atoms with Crippen molar-refractivity contribution in [1.82, 2.24) is 0 Å². The molecular weight excluding hydrogens is 176 g/mol. The third-order valence-electron chi connectivity index (χ3n) is 1.75. The van der Waals surface area contributed by atoms with Crippen molar-refractivity contribution >= 4 is 5.97 Å². The molecule has 0 spiro atoms. The molecule has 0 saturated heterocycles. The Kier molecular flexibility index (Phi) is 3.92. The minimum absolute atomic E-state index is 0.284. The van der Waals surface area contributed by atoms with Crippen LogP contribution in [-0.4, -0.2) is 5.97 Å². The van der Waals surface area contributed by atoms with E-state index in [1.165, 1.54) is 6.92 Å². The third-order valence-corrected chi connectivity index (χ3v) is 1.75. The van der Waals surface area contributed by atoms with E-state index in [1.54, 1.807) is 6.07 Å². The molecule has 0 atom stereocenters. The van der Waals surface area contributed by atoms with E-state index >= 15 is 0 Å². The monoisotopic (exact) mass is 190 g/mol. The maximum atomic E-state index is 10.7. The van der Waals surface area contributed by atoms with Crippen molar-refractivity contribution in [3.05, 3.63) is 42.0 Å². The fraction of sp³-hybridized carbons (Fsp3) is 0.250. The van der Waals surface area contributed by atoms with Crippen molar-refractivity contribution in [2.45, 2.75) is 20.3 Å². The number of allylic oxidation sites excluding steroid dienone is 2. The van der Waals surface area contributed by atoms with Crippen LogP contribution in [0.15, 0.2) is 36.4 Å². The molecule has 0 saturated carbocycles. The van der Waals surface area contributed by atoms with E-state index in [9.17, 15) is 4.79 Å². The molecule has 0 radical (unpaired) electrons. The number of esters is 1. The van der Waals surface area contributed by atoms with Crippen LogP contribution in [0.1, 0.15) is 19.4 Å². The molecule has 0 unspecified atom stereocenters. The van der Waals surface area contributed by atoms with E-state index in [1.807, 2.05) is 31.2 Å². The van der Waals surface area contributed by atoms with E-state index in [4.69, 9.17) is 4.74 Å². The number of ether oxygens (including phenoxy) is 1. The largest absolute Gasteiger partial charge is 0.427 e. The van der Waals surface area contributed by atoms with Gasteiger partial charge in [0.2, 0.25) is 0 Å². The SMILES string of the molecule is C/C=C/Cc1cccc(OC(C)=O)c1. The van der Waals surface area contributed by atoms with E-state index in [0.717, 1.165) is 12.0 Å². The van der Waals surface area contributed by atoms with Crippen LogP contribution < -0.4 is 4.74 Å². The number of hydrogen-bond donors (Lipinski definition) is 0. The van der Waals surface area contributed by atoms with Crippen molar-refractivity contribution in [2.75, 3.05) is 0 Å². The average molecular weight is 190 g/mol. The van der Waals surface area contributed by atoms with Gasteiger partial charge < -0.3 is 4.74 Å². The summed E-state index contributed by atoms with van der Waals surface area (Å²) in [6.07, 6.45) is 4.93. The summed E-state index contributed by atoms with van der Waals surface area (Å²) in [6, 6.07) is 7.55. The zero-order chi connectivity index (χ0) is 10.4. The van der Waals surface area contributed by atoms with E-state index < -0.39 is 0 Å². The second-order valence-corrected chi connectivity index (χ2v) is 3.01. The highest BCUT2D eigenvalue weighted by Gasteiger charge is 1.98. The van der Waals surface area contributed by atoms with Crippen LogP contribution in [-0.2, 0) is 11.2 Å². The number of carbonyl (C=O) groups excluding carboxylic acids is 1. The summed E-state index contributed by atoms with van der Waals surface area (Å²) in [5.41, 5.74) is 1.14. The molecule has 0 fully saturated rings. The molecule has 74 valence electrons. The molecule has 14 heavy (non-hydrogen) atoms. The van der Waals surface area contributed by atoms with Crippen LogP contribution >= 0.6 is 0 Å². The lowest BCUT2D eigenvalue weighted by molar-refractivity contribution is -0.131. The topological polar surface area (TPSA) is 26.3 Å². The van der Waals surface area contributed by atoms with Crippen LogP contribution in [0.3, 0.4) is 0 Å². The van der Waals surface area contributed by atoms with Gasteiger partial charge in [-0.25, -0.2) is 0 Å². The Hall–Kier alpha value is -1.57. The highest BCUT2D eigenvalue weighted by molar-refractivity contribution is 5.69. The molecule has 0 aromatic heterocycles. The van der Waals surface area contributed by atoms with Gasteiger partial charge in [0.05, 0.1) is 0 Å². The van der Waals surface area contributed by atoms with Crippen molar-refractivity contribution in [3.8, 4) is 5.75 Å². The van der Waals surface area contributed by atoms with Gasteiger partial charge in [-0.15, -0.1) is 0 Å². The molecule has 0 aliphatic carbocycles. The van der Waals surface area contributed by atoms with Crippen molar-refractivity contribution in [2.24, 2.45) is 0 Å². The summed E-state index contributed by atoms with van der Waals surface area (Å²) in [6.45, 7) is 3.38. The normalized spacial score (nSPS) is 10.4. The van der Waals surface area contributed by atoms with Crippen molar-refractivity contribution in [3.63, 3.8) is 0 Å². The van der Waals surface area contributed by atoms with E-state index in [0.29, 0.717) is 5.75 Å². The molecule has 1 rings (SSSR count). The second-order valence-electron chi connectivity index (χ2n) is 3.01. The summed E-state index contributed by atoms with van der Waals surface area (Å²) < 4.78 is 4.97. The van der Waals surface area contributed by atoms with Gasteiger partial charge in [0.15, 0.2) is 0 Å². The molecule has 0 heterocycles. The second kappa shape index (κ2) is 5.22. The van der Waals surface area contributed by atoms with Gasteiger partial charge in [0, 0.05) is 6.92 Å². The Balaban J connectivity index is 2.73. The maximum Gasteiger partial charge on any atom is 0.308 e. The quantitative estimate of drug-likeness (QED) is 0.416. The zero-order valence-corrected chi connectivity index (χ0v) is 8.49. The zero-order valence-electron chi connectivity index (χ0n) is 8.49. The molecule has 1 aromatic carbocycles. The predicted octanol–water partition coefficient (Wildman–Crippen LogP) is 2.73. The minimum atomic E-state index is -0.284. The summed E-state index contributed by atoms with van der Waals surface area (Å²) in [4.78, 5) is 10.7. The Morgan fingerprint density at radius 2 is 2.29 bits per heavy atom.